The van der Waals surface area contributed by atoms with Gasteiger partial charge in [-0.25, -0.2) is 4.68 Å². The largest absolute Gasteiger partial charge is 0.357 e. The molecule has 0 saturated carbocycles. The first-order valence-corrected chi connectivity index (χ1v) is 6.02. The summed E-state index contributed by atoms with van der Waals surface area (Å²) in [4.78, 5) is 4.29. The molecule has 0 spiro atoms. The lowest BCUT2D eigenvalue weighted by Crippen LogP contribution is -2.18. The molecule has 1 atom stereocenters. The molecule has 4 nitrogen and oxygen atoms in total. The average molecular weight is 229 g/mol. The van der Waals surface area contributed by atoms with Gasteiger partial charge in [0.2, 0.25) is 0 Å². The van der Waals surface area contributed by atoms with E-state index < -0.39 is 0 Å². The molecule has 0 amide bonds. The molecule has 88 valence electrons. The SMILES string of the molecule is c1ccc(-c2ccn(C3CCCCO3)n2)nc1. The molecule has 0 aliphatic carbocycles. The Labute approximate surface area is 100 Å². The average Bonchev–Trinajstić information content (AvgIpc) is 2.90. The molecular formula is C13H15N3O. The molecule has 1 aliphatic rings. The van der Waals surface area contributed by atoms with E-state index in [4.69, 9.17) is 4.74 Å². The van der Waals surface area contributed by atoms with Crippen molar-refractivity contribution in [2.24, 2.45) is 0 Å². The van der Waals surface area contributed by atoms with Crippen molar-refractivity contribution in [2.75, 3.05) is 6.61 Å². The third kappa shape index (κ3) is 2.22. The Bertz CT molecular complexity index is 474. The second-order valence-corrected chi connectivity index (χ2v) is 4.22. The van der Waals surface area contributed by atoms with E-state index in [1.807, 2.05) is 35.1 Å². The van der Waals surface area contributed by atoms with Crippen LogP contribution in [0.4, 0.5) is 0 Å². The molecule has 0 bridgehead atoms. The zero-order valence-electron chi connectivity index (χ0n) is 9.62. The van der Waals surface area contributed by atoms with Gasteiger partial charge in [-0.05, 0) is 37.5 Å². The molecule has 3 heterocycles. The van der Waals surface area contributed by atoms with Crippen LogP contribution in [0.1, 0.15) is 25.5 Å². The van der Waals surface area contributed by atoms with Crippen molar-refractivity contribution in [1.29, 1.82) is 0 Å². The third-order valence-electron chi connectivity index (χ3n) is 2.99. The lowest BCUT2D eigenvalue weighted by Gasteiger charge is -2.22. The zero-order valence-corrected chi connectivity index (χ0v) is 9.62. The van der Waals surface area contributed by atoms with E-state index >= 15 is 0 Å². The highest BCUT2D eigenvalue weighted by Gasteiger charge is 2.16. The normalized spacial score (nSPS) is 20.4. The van der Waals surface area contributed by atoms with Crippen molar-refractivity contribution in [3.8, 4) is 11.4 Å². The minimum Gasteiger partial charge on any atom is -0.357 e. The molecule has 1 unspecified atom stereocenters. The first kappa shape index (κ1) is 10.5. The van der Waals surface area contributed by atoms with E-state index in [1.165, 1.54) is 6.42 Å². The lowest BCUT2D eigenvalue weighted by molar-refractivity contribution is -0.0393. The van der Waals surface area contributed by atoms with Crippen LogP contribution in [-0.2, 0) is 4.74 Å². The molecular weight excluding hydrogens is 214 g/mol. The van der Waals surface area contributed by atoms with E-state index in [-0.39, 0.29) is 6.23 Å². The Morgan fingerprint density at radius 3 is 2.94 bits per heavy atom. The van der Waals surface area contributed by atoms with Crippen LogP contribution in [0.3, 0.4) is 0 Å². The topological polar surface area (TPSA) is 39.9 Å². The maximum atomic E-state index is 5.69. The molecule has 0 N–H and O–H groups in total. The second kappa shape index (κ2) is 4.67. The van der Waals surface area contributed by atoms with Gasteiger partial charge in [0.25, 0.3) is 0 Å². The highest BCUT2D eigenvalue weighted by atomic mass is 16.5. The number of pyridine rings is 1. The maximum absolute atomic E-state index is 5.69. The van der Waals surface area contributed by atoms with Crippen LogP contribution in [0.5, 0.6) is 0 Å². The first-order valence-electron chi connectivity index (χ1n) is 6.02. The van der Waals surface area contributed by atoms with Crippen molar-refractivity contribution < 1.29 is 4.74 Å². The third-order valence-corrected chi connectivity index (χ3v) is 2.99. The Morgan fingerprint density at radius 1 is 1.18 bits per heavy atom. The number of nitrogens with zero attached hydrogens (tertiary/aromatic N) is 3. The first-order chi connectivity index (χ1) is 8.43. The van der Waals surface area contributed by atoms with Crippen molar-refractivity contribution in [1.82, 2.24) is 14.8 Å². The molecule has 1 fully saturated rings. The van der Waals surface area contributed by atoms with E-state index in [0.29, 0.717) is 0 Å². The number of rotatable bonds is 2. The van der Waals surface area contributed by atoms with E-state index in [1.54, 1.807) is 6.20 Å². The van der Waals surface area contributed by atoms with Crippen LogP contribution < -0.4 is 0 Å². The van der Waals surface area contributed by atoms with Crippen LogP contribution in [0.15, 0.2) is 36.7 Å². The molecule has 1 aliphatic heterocycles. The zero-order chi connectivity index (χ0) is 11.5. The molecule has 2 aromatic heterocycles. The standard InChI is InChI=1S/C13H15N3O/c1-3-8-14-11(5-1)12-7-9-16(15-12)13-6-2-4-10-17-13/h1,3,5,7-9,13H,2,4,6,10H2. The maximum Gasteiger partial charge on any atom is 0.150 e. The van der Waals surface area contributed by atoms with Gasteiger partial charge >= 0.3 is 0 Å². The Morgan fingerprint density at radius 2 is 2.18 bits per heavy atom. The Balaban J connectivity index is 1.83. The monoisotopic (exact) mass is 229 g/mol. The van der Waals surface area contributed by atoms with E-state index in [9.17, 15) is 0 Å². The predicted octanol–water partition coefficient (Wildman–Crippen LogP) is 2.64. The van der Waals surface area contributed by atoms with Gasteiger partial charge in [-0.2, -0.15) is 5.10 Å². The molecule has 2 aromatic rings. The van der Waals surface area contributed by atoms with Crippen molar-refractivity contribution >= 4 is 0 Å². The molecule has 4 heteroatoms. The number of hydrogen-bond donors (Lipinski definition) is 0. The van der Waals surface area contributed by atoms with Crippen LogP contribution in [0.2, 0.25) is 0 Å². The van der Waals surface area contributed by atoms with E-state index in [2.05, 4.69) is 10.1 Å². The van der Waals surface area contributed by atoms with Gasteiger partial charge in [-0.3, -0.25) is 4.98 Å². The minimum absolute atomic E-state index is 0.0983. The van der Waals surface area contributed by atoms with Gasteiger partial charge in [0.15, 0.2) is 0 Å². The van der Waals surface area contributed by atoms with Crippen molar-refractivity contribution in [3.63, 3.8) is 0 Å². The van der Waals surface area contributed by atoms with Crippen LogP contribution in [-0.4, -0.2) is 21.4 Å². The minimum atomic E-state index is 0.0983. The Hall–Kier alpha value is -1.68. The fraction of sp³-hybridized carbons (Fsp3) is 0.385. The van der Waals surface area contributed by atoms with Crippen molar-refractivity contribution in [3.05, 3.63) is 36.7 Å². The smallest absolute Gasteiger partial charge is 0.150 e. The molecule has 17 heavy (non-hydrogen) atoms. The molecule has 0 radical (unpaired) electrons. The summed E-state index contributed by atoms with van der Waals surface area (Å²) >= 11 is 0. The van der Waals surface area contributed by atoms with Crippen LogP contribution >= 0.6 is 0 Å². The summed E-state index contributed by atoms with van der Waals surface area (Å²) in [6, 6.07) is 7.83. The van der Waals surface area contributed by atoms with Gasteiger partial charge in [0, 0.05) is 19.0 Å². The number of ether oxygens (including phenoxy) is 1. The Kier molecular flexibility index (Phi) is 2.88. The highest BCUT2D eigenvalue weighted by molar-refractivity contribution is 5.52. The molecule has 0 aromatic carbocycles. The summed E-state index contributed by atoms with van der Waals surface area (Å²) in [7, 11) is 0. The van der Waals surface area contributed by atoms with E-state index in [0.717, 1.165) is 30.8 Å². The van der Waals surface area contributed by atoms with Crippen LogP contribution in [0, 0.1) is 0 Å². The summed E-state index contributed by atoms with van der Waals surface area (Å²) in [5.41, 5.74) is 1.81. The summed E-state index contributed by atoms with van der Waals surface area (Å²) in [6.45, 7) is 0.837. The van der Waals surface area contributed by atoms with Crippen molar-refractivity contribution in [2.45, 2.75) is 25.5 Å². The van der Waals surface area contributed by atoms with Gasteiger partial charge in [-0.15, -0.1) is 0 Å². The quantitative estimate of drug-likeness (QED) is 0.794. The number of aromatic nitrogens is 3. The lowest BCUT2D eigenvalue weighted by atomic mass is 10.2. The summed E-state index contributed by atoms with van der Waals surface area (Å²) in [5, 5.41) is 4.53. The van der Waals surface area contributed by atoms with Gasteiger partial charge in [0.05, 0.1) is 5.69 Å². The fourth-order valence-electron chi connectivity index (χ4n) is 2.08. The van der Waals surface area contributed by atoms with Crippen LogP contribution in [0.25, 0.3) is 11.4 Å². The number of hydrogen-bond acceptors (Lipinski definition) is 3. The second-order valence-electron chi connectivity index (χ2n) is 4.22. The summed E-state index contributed by atoms with van der Waals surface area (Å²) in [5.74, 6) is 0. The molecule has 1 saturated heterocycles. The fourth-order valence-corrected chi connectivity index (χ4v) is 2.08. The summed E-state index contributed by atoms with van der Waals surface area (Å²) in [6.07, 6.45) is 7.27. The summed E-state index contributed by atoms with van der Waals surface area (Å²) < 4.78 is 7.60. The highest BCUT2D eigenvalue weighted by Crippen LogP contribution is 2.23. The van der Waals surface area contributed by atoms with Gasteiger partial charge in [0.1, 0.15) is 11.9 Å². The predicted molar refractivity (Wildman–Crippen MR) is 64.3 cm³/mol. The molecule has 3 rings (SSSR count). The van der Waals surface area contributed by atoms with Gasteiger partial charge in [-0.1, -0.05) is 6.07 Å². The van der Waals surface area contributed by atoms with Gasteiger partial charge < -0.3 is 4.74 Å².